The predicted octanol–water partition coefficient (Wildman–Crippen LogP) is 4.13. The number of benzene rings is 3. The lowest BCUT2D eigenvalue weighted by atomic mass is 10.1. The molecule has 2 N–H and O–H groups in total. The molecule has 3 aromatic rings. The van der Waals surface area contributed by atoms with Crippen molar-refractivity contribution in [1.82, 2.24) is 4.72 Å². The van der Waals surface area contributed by atoms with Crippen molar-refractivity contribution in [2.75, 3.05) is 12.4 Å². The second kappa shape index (κ2) is 10.0. The fourth-order valence-corrected chi connectivity index (χ4v) is 4.69. The van der Waals surface area contributed by atoms with Crippen LogP contribution in [0.3, 0.4) is 0 Å². The molecular formula is C22H20BrFN2O4S. The van der Waals surface area contributed by atoms with Crippen molar-refractivity contribution in [2.45, 2.75) is 17.4 Å². The standard InChI is InChI=1S/C22H20BrFN2O4S/c1-30-20-12-11-16(24)14-21(20)31(28,29)26-19(13-15-7-3-2-4-8-15)22(27)25-18-10-6-5-9-17(18)23/h2-12,14,19,26H,13H2,1H3,(H,25,27). The molecule has 0 heterocycles. The van der Waals surface area contributed by atoms with Crippen LogP contribution in [-0.4, -0.2) is 27.5 Å². The molecule has 162 valence electrons. The van der Waals surface area contributed by atoms with Crippen LogP contribution in [0.5, 0.6) is 5.75 Å². The van der Waals surface area contributed by atoms with Crippen LogP contribution in [0, 0.1) is 5.82 Å². The highest BCUT2D eigenvalue weighted by Gasteiger charge is 2.29. The van der Waals surface area contributed by atoms with Gasteiger partial charge in [-0.15, -0.1) is 0 Å². The van der Waals surface area contributed by atoms with Crippen LogP contribution in [0.1, 0.15) is 5.56 Å². The maximum Gasteiger partial charge on any atom is 0.245 e. The maximum absolute atomic E-state index is 13.8. The monoisotopic (exact) mass is 506 g/mol. The zero-order valence-corrected chi connectivity index (χ0v) is 18.9. The van der Waals surface area contributed by atoms with E-state index in [9.17, 15) is 17.6 Å². The first-order chi connectivity index (χ1) is 14.8. The minimum Gasteiger partial charge on any atom is -0.495 e. The van der Waals surface area contributed by atoms with Crippen molar-refractivity contribution in [2.24, 2.45) is 0 Å². The fraction of sp³-hybridized carbons (Fsp3) is 0.136. The number of halogens is 2. The van der Waals surface area contributed by atoms with E-state index >= 15 is 0 Å². The molecule has 0 saturated carbocycles. The highest BCUT2D eigenvalue weighted by atomic mass is 79.9. The van der Waals surface area contributed by atoms with Gasteiger partial charge in [0.15, 0.2) is 0 Å². The van der Waals surface area contributed by atoms with Crippen LogP contribution in [0.25, 0.3) is 0 Å². The summed E-state index contributed by atoms with van der Waals surface area (Å²) in [6.07, 6.45) is 0.0913. The summed E-state index contributed by atoms with van der Waals surface area (Å²) in [4.78, 5) is 12.6. The Morgan fingerprint density at radius 1 is 1.06 bits per heavy atom. The summed E-state index contributed by atoms with van der Waals surface area (Å²) >= 11 is 3.35. The Bertz CT molecular complexity index is 1170. The van der Waals surface area contributed by atoms with Gasteiger partial charge in [0.05, 0.1) is 12.8 Å². The smallest absolute Gasteiger partial charge is 0.245 e. The number of para-hydroxylation sites is 1. The summed E-state index contributed by atoms with van der Waals surface area (Å²) in [6.45, 7) is 0. The Hall–Kier alpha value is -2.75. The van der Waals surface area contributed by atoms with E-state index in [1.807, 2.05) is 6.07 Å². The summed E-state index contributed by atoms with van der Waals surface area (Å²) in [5.74, 6) is -1.33. The predicted molar refractivity (Wildman–Crippen MR) is 120 cm³/mol. The lowest BCUT2D eigenvalue weighted by Gasteiger charge is -2.20. The topological polar surface area (TPSA) is 84.5 Å². The number of rotatable bonds is 8. The first kappa shape index (κ1) is 22.9. The van der Waals surface area contributed by atoms with Crippen molar-refractivity contribution in [3.05, 3.63) is 88.6 Å². The van der Waals surface area contributed by atoms with E-state index in [2.05, 4.69) is 26.0 Å². The third-order valence-electron chi connectivity index (χ3n) is 4.44. The van der Waals surface area contributed by atoms with E-state index in [4.69, 9.17) is 4.74 Å². The molecule has 0 fully saturated rings. The average molecular weight is 507 g/mol. The van der Waals surface area contributed by atoms with Crippen LogP contribution in [0.4, 0.5) is 10.1 Å². The third kappa shape index (κ3) is 5.90. The highest BCUT2D eigenvalue weighted by Crippen LogP contribution is 2.25. The number of amides is 1. The molecule has 1 unspecified atom stereocenters. The van der Waals surface area contributed by atoms with Crippen LogP contribution in [0.2, 0.25) is 0 Å². The molecule has 0 bridgehead atoms. The van der Waals surface area contributed by atoms with Gasteiger partial charge in [0.1, 0.15) is 22.5 Å². The zero-order chi connectivity index (χ0) is 22.4. The van der Waals surface area contributed by atoms with E-state index in [-0.39, 0.29) is 17.1 Å². The SMILES string of the molecule is COc1ccc(F)cc1S(=O)(=O)NC(Cc1ccccc1)C(=O)Nc1ccccc1Br. The van der Waals surface area contributed by atoms with Gasteiger partial charge < -0.3 is 10.1 Å². The quantitative estimate of drug-likeness (QED) is 0.481. The molecule has 31 heavy (non-hydrogen) atoms. The number of sulfonamides is 1. The second-order valence-electron chi connectivity index (χ2n) is 6.63. The number of hydrogen-bond acceptors (Lipinski definition) is 4. The highest BCUT2D eigenvalue weighted by molar-refractivity contribution is 9.10. The van der Waals surface area contributed by atoms with Crippen LogP contribution in [0.15, 0.2) is 82.2 Å². The Labute approximate surface area is 188 Å². The summed E-state index contributed by atoms with van der Waals surface area (Å²) < 4.78 is 48.0. The van der Waals surface area contributed by atoms with Gasteiger partial charge >= 0.3 is 0 Å². The number of anilines is 1. The molecule has 0 aliphatic heterocycles. The van der Waals surface area contributed by atoms with Crippen molar-refractivity contribution in [3.63, 3.8) is 0 Å². The molecule has 6 nitrogen and oxygen atoms in total. The summed E-state index contributed by atoms with van der Waals surface area (Å²) in [6, 6.07) is 18.0. The molecule has 0 aliphatic carbocycles. The second-order valence-corrected chi connectivity index (χ2v) is 9.16. The molecule has 9 heteroatoms. The van der Waals surface area contributed by atoms with E-state index in [0.29, 0.717) is 10.2 Å². The molecule has 1 amide bonds. The molecule has 0 aromatic heterocycles. The number of hydrogen-bond donors (Lipinski definition) is 2. The zero-order valence-electron chi connectivity index (χ0n) is 16.5. The minimum absolute atomic E-state index is 0.0291. The Morgan fingerprint density at radius 2 is 1.74 bits per heavy atom. The number of methoxy groups -OCH3 is 1. The lowest BCUT2D eigenvalue weighted by molar-refractivity contribution is -0.117. The van der Waals surface area contributed by atoms with Gasteiger partial charge in [-0.25, -0.2) is 12.8 Å². The van der Waals surface area contributed by atoms with Gasteiger partial charge in [-0.1, -0.05) is 42.5 Å². The molecule has 0 spiro atoms. The molecule has 0 aliphatic rings. The van der Waals surface area contributed by atoms with Crippen molar-refractivity contribution < 1.29 is 22.3 Å². The molecular weight excluding hydrogens is 487 g/mol. The lowest BCUT2D eigenvalue weighted by Crippen LogP contribution is -2.45. The maximum atomic E-state index is 13.8. The van der Waals surface area contributed by atoms with E-state index < -0.39 is 27.8 Å². The first-order valence-corrected chi connectivity index (χ1v) is 11.5. The van der Waals surface area contributed by atoms with Crippen LogP contribution in [-0.2, 0) is 21.2 Å². The van der Waals surface area contributed by atoms with Gasteiger partial charge in [-0.2, -0.15) is 4.72 Å². The van der Waals surface area contributed by atoms with E-state index in [1.165, 1.54) is 13.2 Å². The number of nitrogens with one attached hydrogen (secondary N) is 2. The van der Waals surface area contributed by atoms with E-state index in [0.717, 1.165) is 17.7 Å². The van der Waals surface area contributed by atoms with Crippen LogP contribution >= 0.6 is 15.9 Å². The Balaban J connectivity index is 1.93. The fourth-order valence-electron chi connectivity index (χ4n) is 2.93. The molecule has 0 saturated heterocycles. The van der Waals surface area contributed by atoms with Gasteiger partial charge in [0.2, 0.25) is 15.9 Å². The summed E-state index contributed by atoms with van der Waals surface area (Å²) in [5.41, 5.74) is 1.25. The Kier molecular flexibility index (Phi) is 7.42. The number of carbonyl (C=O) groups excluding carboxylic acids is 1. The summed E-state index contributed by atoms with van der Waals surface area (Å²) in [7, 11) is -2.99. The summed E-state index contributed by atoms with van der Waals surface area (Å²) in [5, 5.41) is 2.73. The number of ether oxygens (including phenoxy) is 1. The van der Waals surface area contributed by atoms with Gasteiger partial charge in [0.25, 0.3) is 0 Å². The molecule has 0 radical (unpaired) electrons. The first-order valence-electron chi connectivity index (χ1n) is 9.25. The minimum atomic E-state index is -4.28. The molecule has 1 atom stereocenters. The normalized spacial score (nSPS) is 12.2. The molecule has 3 aromatic carbocycles. The Morgan fingerprint density at radius 3 is 2.42 bits per heavy atom. The third-order valence-corrected chi connectivity index (χ3v) is 6.63. The van der Waals surface area contributed by atoms with Crippen molar-refractivity contribution >= 4 is 37.5 Å². The van der Waals surface area contributed by atoms with Crippen molar-refractivity contribution in [3.8, 4) is 5.75 Å². The number of carbonyl (C=O) groups is 1. The largest absolute Gasteiger partial charge is 0.495 e. The van der Waals surface area contributed by atoms with Gasteiger partial charge in [-0.3, -0.25) is 4.79 Å². The van der Waals surface area contributed by atoms with Crippen LogP contribution < -0.4 is 14.8 Å². The average Bonchev–Trinajstić information content (AvgIpc) is 2.75. The van der Waals surface area contributed by atoms with Gasteiger partial charge in [0, 0.05) is 4.47 Å². The van der Waals surface area contributed by atoms with Crippen molar-refractivity contribution in [1.29, 1.82) is 0 Å². The van der Waals surface area contributed by atoms with Gasteiger partial charge in [-0.05, 0) is 58.2 Å². The molecule has 3 rings (SSSR count). The van der Waals surface area contributed by atoms with E-state index in [1.54, 1.807) is 48.5 Å².